The van der Waals surface area contributed by atoms with Crippen molar-refractivity contribution >= 4 is 17.8 Å². The topological polar surface area (TPSA) is 81.7 Å². The van der Waals surface area contributed by atoms with Crippen molar-refractivity contribution in [2.24, 2.45) is 0 Å². The molecule has 2 aromatic carbocycles. The van der Waals surface area contributed by atoms with E-state index in [9.17, 15) is 14.4 Å². The average Bonchev–Trinajstić information content (AvgIpc) is 2.77. The second-order valence-electron chi connectivity index (χ2n) is 6.58. The number of rotatable bonds is 10. The highest BCUT2D eigenvalue weighted by molar-refractivity contribution is 5.94. The first-order chi connectivity index (χ1) is 14.5. The van der Waals surface area contributed by atoms with E-state index >= 15 is 0 Å². The van der Waals surface area contributed by atoms with Gasteiger partial charge in [-0.1, -0.05) is 49.7 Å². The van der Waals surface area contributed by atoms with Crippen LogP contribution < -0.4 is 5.32 Å². The van der Waals surface area contributed by atoms with Gasteiger partial charge < -0.3 is 14.8 Å². The summed E-state index contributed by atoms with van der Waals surface area (Å²) in [5.74, 6) is -1.36. The Kier molecular flexibility index (Phi) is 9.31. The fourth-order valence-electron chi connectivity index (χ4n) is 2.86. The summed E-state index contributed by atoms with van der Waals surface area (Å²) in [6, 6.07) is 16.8. The number of nitrogens with one attached hydrogen (secondary N) is 1. The van der Waals surface area contributed by atoms with Gasteiger partial charge in [0, 0.05) is 11.6 Å². The van der Waals surface area contributed by atoms with Crippen LogP contribution in [0.15, 0.2) is 72.8 Å². The molecule has 0 bridgehead atoms. The van der Waals surface area contributed by atoms with E-state index in [1.807, 2.05) is 13.0 Å². The molecule has 0 heterocycles. The third-order valence-corrected chi connectivity index (χ3v) is 4.31. The Bertz CT molecular complexity index is 848. The van der Waals surface area contributed by atoms with Crippen molar-refractivity contribution in [1.29, 1.82) is 0 Å². The molecule has 0 aliphatic heterocycles. The summed E-state index contributed by atoms with van der Waals surface area (Å²) in [7, 11) is 0. The molecule has 1 amide bonds. The fourth-order valence-corrected chi connectivity index (χ4v) is 2.86. The largest absolute Gasteiger partial charge is 0.463 e. The molecule has 158 valence electrons. The molecule has 0 fully saturated rings. The molecule has 2 rings (SSSR count). The molecule has 0 saturated carbocycles. The minimum Gasteiger partial charge on any atom is -0.463 e. The third-order valence-electron chi connectivity index (χ3n) is 4.31. The normalized spacial score (nSPS) is 12.7. The SMILES string of the molecule is CCC[C@@H](NC(=O)c1ccccc1)[C@@H](/C=C/C(=O)OCC)OC(=O)c1ccccc1. The first-order valence-electron chi connectivity index (χ1n) is 10.0. The molecule has 6 heteroatoms. The van der Waals surface area contributed by atoms with Crippen LogP contribution in [-0.4, -0.2) is 36.6 Å². The van der Waals surface area contributed by atoms with Crippen LogP contribution in [0.5, 0.6) is 0 Å². The van der Waals surface area contributed by atoms with Gasteiger partial charge in [-0.2, -0.15) is 0 Å². The molecule has 0 aliphatic rings. The molecule has 0 spiro atoms. The van der Waals surface area contributed by atoms with Gasteiger partial charge in [0.25, 0.3) is 5.91 Å². The van der Waals surface area contributed by atoms with Crippen LogP contribution in [0.4, 0.5) is 0 Å². The highest BCUT2D eigenvalue weighted by Gasteiger charge is 2.25. The zero-order valence-corrected chi connectivity index (χ0v) is 17.2. The van der Waals surface area contributed by atoms with Gasteiger partial charge in [0.1, 0.15) is 6.10 Å². The predicted octanol–water partition coefficient (Wildman–Crippen LogP) is 3.93. The van der Waals surface area contributed by atoms with E-state index in [-0.39, 0.29) is 12.5 Å². The summed E-state index contributed by atoms with van der Waals surface area (Å²) in [6.45, 7) is 3.91. The first kappa shape index (κ1) is 22.9. The average molecular weight is 409 g/mol. The maximum Gasteiger partial charge on any atom is 0.338 e. The van der Waals surface area contributed by atoms with Crippen LogP contribution in [-0.2, 0) is 14.3 Å². The van der Waals surface area contributed by atoms with Crippen molar-refractivity contribution in [3.63, 3.8) is 0 Å². The molecule has 0 unspecified atom stereocenters. The van der Waals surface area contributed by atoms with Crippen LogP contribution >= 0.6 is 0 Å². The van der Waals surface area contributed by atoms with E-state index in [0.29, 0.717) is 17.5 Å². The maximum absolute atomic E-state index is 12.7. The Morgan fingerprint density at radius 3 is 2.10 bits per heavy atom. The van der Waals surface area contributed by atoms with Gasteiger partial charge in [0.15, 0.2) is 0 Å². The molecule has 0 radical (unpaired) electrons. The molecule has 0 saturated heterocycles. The minimum atomic E-state index is -0.838. The summed E-state index contributed by atoms with van der Waals surface area (Å²) in [5, 5.41) is 2.93. The van der Waals surface area contributed by atoms with E-state index in [4.69, 9.17) is 9.47 Å². The van der Waals surface area contributed by atoms with Gasteiger partial charge in [0.05, 0.1) is 18.2 Å². The van der Waals surface area contributed by atoms with E-state index in [1.54, 1.807) is 61.5 Å². The van der Waals surface area contributed by atoms with Crippen molar-refractivity contribution in [2.75, 3.05) is 6.61 Å². The summed E-state index contributed by atoms with van der Waals surface area (Å²) in [5.41, 5.74) is 0.887. The molecule has 30 heavy (non-hydrogen) atoms. The van der Waals surface area contributed by atoms with E-state index in [0.717, 1.165) is 6.42 Å². The van der Waals surface area contributed by atoms with Gasteiger partial charge >= 0.3 is 11.9 Å². The quantitative estimate of drug-likeness (QED) is 0.475. The lowest BCUT2D eigenvalue weighted by Crippen LogP contribution is -2.44. The van der Waals surface area contributed by atoms with E-state index in [2.05, 4.69) is 5.32 Å². The van der Waals surface area contributed by atoms with Crippen molar-refractivity contribution in [3.05, 3.63) is 83.9 Å². The Hall–Kier alpha value is -3.41. The Labute approximate surface area is 176 Å². The fraction of sp³-hybridized carbons (Fsp3) is 0.292. The monoisotopic (exact) mass is 409 g/mol. The highest BCUT2D eigenvalue weighted by atomic mass is 16.5. The smallest absolute Gasteiger partial charge is 0.338 e. The summed E-state index contributed by atoms with van der Waals surface area (Å²) >= 11 is 0. The zero-order valence-electron chi connectivity index (χ0n) is 17.2. The van der Waals surface area contributed by atoms with Crippen molar-refractivity contribution in [2.45, 2.75) is 38.8 Å². The lowest BCUT2D eigenvalue weighted by Gasteiger charge is -2.26. The number of hydrogen-bond donors (Lipinski definition) is 1. The van der Waals surface area contributed by atoms with Crippen LogP contribution in [0.25, 0.3) is 0 Å². The molecule has 0 aromatic heterocycles. The number of amides is 1. The molecule has 0 aliphatic carbocycles. The molecule has 1 N–H and O–H groups in total. The predicted molar refractivity (Wildman–Crippen MR) is 114 cm³/mol. The highest BCUT2D eigenvalue weighted by Crippen LogP contribution is 2.14. The number of esters is 2. The Morgan fingerprint density at radius 1 is 0.933 bits per heavy atom. The number of hydrogen-bond acceptors (Lipinski definition) is 5. The van der Waals surface area contributed by atoms with Crippen LogP contribution in [0.2, 0.25) is 0 Å². The van der Waals surface area contributed by atoms with Gasteiger partial charge in [-0.15, -0.1) is 0 Å². The molecule has 6 nitrogen and oxygen atoms in total. The zero-order chi connectivity index (χ0) is 21.8. The van der Waals surface area contributed by atoms with Crippen LogP contribution in [0.1, 0.15) is 47.4 Å². The third kappa shape index (κ3) is 7.20. The summed E-state index contributed by atoms with van der Waals surface area (Å²) in [4.78, 5) is 37.1. The van der Waals surface area contributed by atoms with E-state index in [1.165, 1.54) is 12.2 Å². The number of carbonyl (C=O) groups is 3. The number of carbonyl (C=O) groups excluding carboxylic acids is 3. The van der Waals surface area contributed by atoms with Crippen LogP contribution in [0, 0.1) is 0 Å². The Balaban J connectivity index is 2.24. The summed E-state index contributed by atoms with van der Waals surface area (Å²) < 4.78 is 10.6. The molecular weight excluding hydrogens is 382 g/mol. The Morgan fingerprint density at radius 2 is 1.53 bits per heavy atom. The lowest BCUT2D eigenvalue weighted by atomic mass is 10.0. The van der Waals surface area contributed by atoms with Gasteiger partial charge in [-0.3, -0.25) is 4.79 Å². The van der Waals surface area contributed by atoms with Gasteiger partial charge in [0.2, 0.25) is 0 Å². The van der Waals surface area contributed by atoms with Crippen molar-refractivity contribution in [3.8, 4) is 0 Å². The first-order valence-corrected chi connectivity index (χ1v) is 10.0. The molecule has 2 atom stereocenters. The number of benzene rings is 2. The van der Waals surface area contributed by atoms with Crippen LogP contribution in [0.3, 0.4) is 0 Å². The molecular formula is C24H27NO5. The lowest BCUT2D eigenvalue weighted by molar-refractivity contribution is -0.137. The van der Waals surface area contributed by atoms with Gasteiger partial charge in [-0.25, -0.2) is 9.59 Å². The minimum absolute atomic E-state index is 0.237. The van der Waals surface area contributed by atoms with Crippen molar-refractivity contribution in [1.82, 2.24) is 5.32 Å². The second kappa shape index (κ2) is 12.2. The molecule has 2 aromatic rings. The summed E-state index contributed by atoms with van der Waals surface area (Å²) in [6.07, 6.45) is 3.15. The standard InChI is InChI=1S/C24H27NO5/c1-3-11-20(25-23(27)18-12-7-5-8-13-18)21(16-17-22(26)29-4-2)30-24(28)19-14-9-6-10-15-19/h5-10,12-17,20-21H,3-4,11H2,1-2H3,(H,25,27)/b17-16+/t20-,21-/m1/s1. The number of ether oxygens (including phenoxy) is 2. The van der Waals surface area contributed by atoms with Crippen molar-refractivity contribution < 1.29 is 23.9 Å². The maximum atomic E-state index is 12.7. The van der Waals surface area contributed by atoms with E-state index < -0.39 is 24.1 Å². The van der Waals surface area contributed by atoms with Gasteiger partial charge in [-0.05, 0) is 43.7 Å². The second-order valence-corrected chi connectivity index (χ2v) is 6.58.